The van der Waals surface area contributed by atoms with Crippen LogP contribution in [0.4, 0.5) is 0 Å². The second-order valence-electron chi connectivity index (χ2n) is 13.7. The molecule has 0 saturated heterocycles. The molecule has 0 aliphatic rings. The number of nitrogens with two attached hydrogens (primary N) is 1. The predicted octanol–water partition coefficient (Wildman–Crippen LogP) is 10.9. The third kappa shape index (κ3) is 33.5. The van der Waals surface area contributed by atoms with Gasteiger partial charge in [-0.1, -0.05) is 168 Å². The number of phosphoric ester groups is 1. The van der Waals surface area contributed by atoms with Gasteiger partial charge in [0.1, 0.15) is 6.61 Å². The lowest BCUT2D eigenvalue weighted by Crippen LogP contribution is -2.30. The average molecular weight is 706 g/mol. The Bertz CT molecular complexity index is 784. The number of unbranched alkanes of at least 4 members (excludes halogenated alkanes) is 24. The lowest BCUT2D eigenvalue weighted by Gasteiger charge is -2.21. The summed E-state index contributed by atoms with van der Waals surface area (Å²) in [6.45, 7) is 5.42. The Morgan fingerprint density at radius 3 is 1.31 bits per heavy atom. The Hall–Kier alpha value is -0.990. The highest BCUT2D eigenvalue weighted by molar-refractivity contribution is 7.47. The molecule has 3 N–H and O–H groups in total. The van der Waals surface area contributed by atoms with E-state index in [0.717, 1.165) is 32.1 Å². The minimum Gasteiger partial charge on any atom is -0.462 e. The fourth-order valence-corrected chi connectivity index (χ4v) is 6.63. The number of carbonyl (C=O) groups excluding carboxylic acids is 2. The van der Waals surface area contributed by atoms with Crippen LogP contribution in [0.5, 0.6) is 0 Å². The summed E-state index contributed by atoms with van der Waals surface area (Å²) in [5.41, 5.74) is 5.47. The fourth-order valence-electron chi connectivity index (χ4n) is 5.67. The molecule has 0 amide bonds. The number of rotatable bonds is 37. The minimum atomic E-state index is -4.42. The summed E-state index contributed by atoms with van der Waals surface area (Å²) >= 11 is 0. The third-order valence-electron chi connectivity index (χ3n) is 8.77. The minimum absolute atomic E-state index is 0.0439. The summed E-state index contributed by atoms with van der Waals surface area (Å²) in [7, 11) is -4.42. The van der Waals surface area contributed by atoms with Gasteiger partial charge in [0, 0.05) is 19.4 Å². The van der Waals surface area contributed by atoms with Crippen molar-refractivity contribution in [2.24, 2.45) is 5.73 Å². The molecule has 0 heterocycles. The largest absolute Gasteiger partial charge is 0.472 e. The van der Waals surface area contributed by atoms with Crippen LogP contribution < -0.4 is 5.73 Å². The van der Waals surface area contributed by atoms with E-state index < -0.39 is 32.6 Å². The zero-order chi connectivity index (χ0) is 35.6. The second-order valence-corrected chi connectivity index (χ2v) is 15.1. The highest BCUT2D eigenvalue weighted by Crippen LogP contribution is 2.44. The van der Waals surface area contributed by atoms with E-state index in [-0.39, 0.29) is 32.0 Å². The number of ether oxygens (including phenoxy) is 2. The molecule has 0 rings (SSSR count). The maximum atomic E-state index is 12.6. The normalized spacial score (nSPS) is 14.0. The molecule has 0 fully saturated rings. The summed E-state index contributed by atoms with van der Waals surface area (Å²) in [6, 6.07) is 0. The Balaban J connectivity index is 4.26. The first kappa shape index (κ1) is 47.0. The number of hydrogen-bond acceptors (Lipinski definition) is 8. The maximum Gasteiger partial charge on any atom is 0.472 e. The van der Waals surface area contributed by atoms with Crippen LogP contribution in [0.15, 0.2) is 0 Å². The first-order valence-electron chi connectivity index (χ1n) is 19.9. The number of phosphoric acid groups is 1. The number of esters is 2. The van der Waals surface area contributed by atoms with Gasteiger partial charge in [-0.2, -0.15) is 0 Å². The van der Waals surface area contributed by atoms with Crippen molar-refractivity contribution in [1.82, 2.24) is 0 Å². The zero-order valence-electron chi connectivity index (χ0n) is 31.4. The van der Waals surface area contributed by atoms with Crippen LogP contribution in [0.1, 0.15) is 201 Å². The molecule has 9 nitrogen and oxygen atoms in total. The Morgan fingerprint density at radius 1 is 0.583 bits per heavy atom. The van der Waals surface area contributed by atoms with Crippen molar-refractivity contribution in [2.45, 2.75) is 213 Å². The molecule has 48 heavy (non-hydrogen) atoms. The van der Waals surface area contributed by atoms with Crippen molar-refractivity contribution in [3.63, 3.8) is 0 Å². The van der Waals surface area contributed by atoms with E-state index in [4.69, 9.17) is 24.3 Å². The lowest BCUT2D eigenvalue weighted by molar-refractivity contribution is -0.161. The van der Waals surface area contributed by atoms with Gasteiger partial charge in [0.05, 0.1) is 12.7 Å². The lowest BCUT2D eigenvalue weighted by atomic mass is 10.0. The van der Waals surface area contributed by atoms with Crippen molar-refractivity contribution >= 4 is 19.8 Å². The molecule has 0 aromatic carbocycles. The van der Waals surface area contributed by atoms with Gasteiger partial charge in [-0.15, -0.1) is 0 Å². The van der Waals surface area contributed by atoms with Gasteiger partial charge in [-0.05, 0) is 19.8 Å². The molecule has 0 aromatic rings. The molecular formula is C38H76NO8P. The molecule has 0 bridgehead atoms. The molecule has 0 saturated carbocycles. The molecule has 3 unspecified atom stereocenters. The van der Waals surface area contributed by atoms with Gasteiger partial charge in [0.25, 0.3) is 0 Å². The van der Waals surface area contributed by atoms with Crippen LogP contribution in [0.25, 0.3) is 0 Å². The number of carbonyl (C=O) groups is 2. The molecular weight excluding hydrogens is 629 g/mol. The van der Waals surface area contributed by atoms with Gasteiger partial charge < -0.3 is 20.1 Å². The number of hydrogen-bond donors (Lipinski definition) is 2. The van der Waals surface area contributed by atoms with Gasteiger partial charge in [-0.25, -0.2) is 4.57 Å². The molecule has 286 valence electrons. The van der Waals surface area contributed by atoms with E-state index in [1.165, 1.54) is 128 Å². The fraction of sp³-hybridized carbons (Fsp3) is 0.947. The SMILES string of the molecule is CCCCCCCCCCCCCCCC(=O)OCC(COP(=O)(O)OC(C)CN)OC(=O)CCCCCCCCCCCCCCC. The Labute approximate surface area is 295 Å². The smallest absolute Gasteiger partial charge is 0.462 e. The summed E-state index contributed by atoms with van der Waals surface area (Å²) < 4.78 is 33.2. The average Bonchev–Trinajstić information content (AvgIpc) is 3.06. The summed E-state index contributed by atoms with van der Waals surface area (Å²) in [5.74, 6) is -0.820. The van der Waals surface area contributed by atoms with Gasteiger partial charge >= 0.3 is 19.8 Å². The third-order valence-corrected chi connectivity index (χ3v) is 9.87. The highest BCUT2D eigenvalue weighted by Gasteiger charge is 2.27. The van der Waals surface area contributed by atoms with Crippen LogP contribution >= 0.6 is 7.82 Å². The van der Waals surface area contributed by atoms with E-state index in [1.54, 1.807) is 6.92 Å². The molecule has 3 atom stereocenters. The first-order valence-corrected chi connectivity index (χ1v) is 21.4. The van der Waals surface area contributed by atoms with Crippen LogP contribution in [-0.4, -0.2) is 48.8 Å². The summed E-state index contributed by atoms with van der Waals surface area (Å²) in [5, 5.41) is 0. The Morgan fingerprint density at radius 2 is 0.938 bits per heavy atom. The summed E-state index contributed by atoms with van der Waals surface area (Å²) in [4.78, 5) is 34.9. The van der Waals surface area contributed by atoms with Crippen LogP contribution in [0.3, 0.4) is 0 Å². The monoisotopic (exact) mass is 706 g/mol. The van der Waals surface area contributed by atoms with Crippen molar-refractivity contribution in [3.05, 3.63) is 0 Å². The van der Waals surface area contributed by atoms with E-state index in [2.05, 4.69) is 13.8 Å². The second kappa shape index (κ2) is 34.5. The maximum absolute atomic E-state index is 12.6. The molecule has 0 radical (unpaired) electrons. The topological polar surface area (TPSA) is 134 Å². The van der Waals surface area contributed by atoms with E-state index in [1.807, 2.05) is 0 Å². The van der Waals surface area contributed by atoms with Crippen molar-refractivity contribution < 1.29 is 37.6 Å². The van der Waals surface area contributed by atoms with Crippen LogP contribution in [0.2, 0.25) is 0 Å². The molecule has 0 aliphatic heterocycles. The van der Waals surface area contributed by atoms with Crippen LogP contribution in [0, 0.1) is 0 Å². The standard InChI is InChI=1S/C38H76NO8P/c1-4-6-8-10-12-14-16-18-20-22-24-26-28-30-37(40)44-33-36(34-45-48(42,43)47-35(3)32-39)46-38(41)31-29-27-25-23-21-19-17-15-13-11-9-7-5-2/h35-36H,4-34,39H2,1-3H3,(H,42,43). The van der Waals surface area contributed by atoms with E-state index in [9.17, 15) is 19.0 Å². The van der Waals surface area contributed by atoms with Crippen molar-refractivity contribution in [2.75, 3.05) is 19.8 Å². The van der Waals surface area contributed by atoms with Crippen molar-refractivity contribution in [1.29, 1.82) is 0 Å². The van der Waals surface area contributed by atoms with Gasteiger partial charge in [-0.3, -0.25) is 18.6 Å². The highest BCUT2D eigenvalue weighted by atomic mass is 31.2. The predicted molar refractivity (Wildman–Crippen MR) is 197 cm³/mol. The van der Waals surface area contributed by atoms with E-state index >= 15 is 0 Å². The van der Waals surface area contributed by atoms with E-state index in [0.29, 0.717) is 6.42 Å². The zero-order valence-corrected chi connectivity index (χ0v) is 32.3. The molecule has 0 spiro atoms. The molecule has 0 aliphatic carbocycles. The van der Waals surface area contributed by atoms with Gasteiger partial charge in [0.2, 0.25) is 0 Å². The quantitative estimate of drug-likeness (QED) is 0.0368. The molecule has 0 aromatic heterocycles. The summed E-state index contributed by atoms with van der Waals surface area (Å²) in [6.07, 6.45) is 30.5. The first-order chi connectivity index (χ1) is 23.2. The van der Waals surface area contributed by atoms with Gasteiger partial charge in [0.15, 0.2) is 6.10 Å². The van der Waals surface area contributed by atoms with Crippen LogP contribution in [-0.2, 0) is 32.7 Å². The van der Waals surface area contributed by atoms with Crippen molar-refractivity contribution in [3.8, 4) is 0 Å². The Kier molecular flexibility index (Phi) is 33.7. The molecule has 10 heteroatoms.